The van der Waals surface area contributed by atoms with E-state index in [0.717, 1.165) is 34.6 Å². The normalized spacial score (nSPS) is 12.7. The summed E-state index contributed by atoms with van der Waals surface area (Å²) in [4.78, 5) is 7.01. The van der Waals surface area contributed by atoms with Crippen molar-refractivity contribution in [3.8, 4) is 11.5 Å². The fourth-order valence-electron chi connectivity index (χ4n) is 2.23. The van der Waals surface area contributed by atoms with Crippen molar-refractivity contribution in [1.29, 1.82) is 0 Å². The van der Waals surface area contributed by atoms with Gasteiger partial charge in [-0.1, -0.05) is 12.2 Å². The van der Waals surface area contributed by atoms with E-state index in [1.807, 2.05) is 30.1 Å². The van der Waals surface area contributed by atoms with Gasteiger partial charge < -0.3 is 20.1 Å². The van der Waals surface area contributed by atoms with Crippen LogP contribution in [0.2, 0.25) is 0 Å². The number of nitrogens with zero attached hydrogens (tertiary/aromatic N) is 2. The van der Waals surface area contributed by atoms with Gasteiger partial charge in [0.2, 0.25) is 6.79 Å². The lowest BCUT2D eigenvalue weighted by atomic mass is 10.1. The summed E-state index contributed by atoms with van der Waals surface area (Å²) in [6.45, 7) is 1.00. The molecule has 0 unspecified atom stereocenters. The monoisotopic (exact) mass is 289 g/mol. The summed E-state index contributed by atoms with van der Waals surface area (Å²) < 4.78 is 10.8. The van der Waals surface area contributed by atoms with E-state index >= 15 is 0 Å². The predicted octanol–water partition coefficient (Wildman–Crippen LogP) is 2.08. The number of pyridine rings is 1. The van der Waals surface area contributed by atoms with Gasteiger partial charge in [-0.3, -0.25) is 0 Å². The van der Waals surface area contributed by atoms with Gasteiger partial charge in [0.25, 0.3) is 0 Å². The van der Waals surface area contributed by atoms with Crippen LogP contribution in [0.4, 0.5) is 5.82 Å². The van der Waals surface area contributed by atoms with Crippen LogP contribution in [0.25, 0.3) is 10.8 Å². The van der Waals surface area contributed by atoms with Gasteiger partial charge in [0.1, 0.15) is 5.82 Å². The van der Waals surface area contributed by atoms with Gasteiger partial charge in [-0.2, -0.15) is 0 Å². The molecule has 2 aromatic rings. The van der Waals surface area contributed by atoms with Crippen molar-refractivity contribution in [3.05, 3.63) is 24.4 Å². The minimum atomic E-state index is 0.270. The lowest BCUT2D eigenvalue weighted by molar-refractivity contribution is 0.174. The molecule has 1 aliphatic heterocycles. The van der Waals surface area contributed by atoms with Crippen LogP contribution in [0, 0.1) is 0 Å². The van der Waals surface area contributed by atoms with Crippen molar-refractivity contribution in [2.45, 2.75) is 6.42 Å². The average molecular weight is 289 g/mol. The molecule has 2 heterocycles. The van der Waals surface area contributed by atoms with E-state index in [1.54, 1.807) is 6.20 Å². The molecule has 5 nitrogen and oxygen atoms in total. The summed E-state index contributed by atoms with van der Waals surface area (Å²) in [7, 11) is 1.98. The third-order valence-electron chi connectivity index (χ3n) is 3.29. The van der Waals surface area contributed by atoms with Gasteiger partial charge in [-0.15, -0.1) is 0 Å². The number of anilines is 1. The Morgan fingerprint density at radius 3 is 2.90 bits per heavy atom. The third-order valence-corrected chi connectivity index (χ3v) is 3.50. The zero-order chi connectivity index (χ0) is 14.1. The van der Waals surface area contributed by atoms with Gasteiger partial charge >= 0.3 is 0 Å². The highest BCUT2D eigenvalue weighted by atomic mass is 32.1. The van der Waals surface area contributed by atoms with Crippen LogP contribution in [0.15, 0.2) is 24.4 Å². The summed E-state index contributed by atoms with van der Waals surface area (Å²) in [6, 6.07) is 5.91. The average Bonchev–Trinajstić information content (AvgIpc) is 2.88. The Morgan fingerprint density at radius 1 is 1.40 bits per heavy atom. The molecule has 2 N–H and O–H groups in total. The van der Waals surface area contributed by atoms with E-state index in [0.29, 0.717) is 11.4 Å². The minimum absolute atomic E-state index is 0.270. The highest BCUT2D eigenvalue weighted by Gasteiger charge is 2.17. The Hall–Kier alpha value is -2.08. The molecule has 104 valence electrons. The Balaban J connectivity index is 2.00. The number of rotatable bonds is 4. The molecular weight excluding hydrogens is 274 g/mol. The molecule has 0 spiro atoms. The van der Waals surface area contributed by atoms with E-state index in [1.165, 1.54) is 0 Å². The van der Waals surface area contributed by atoms with Crippen LogP contribution in [-0.2, 0) is 0 Å². The maximum Gasteiger partial charge on any atom is 0.231 e. The largest absolute Gasteiger partial charge is 0.454 e. The number of benzene rings is 1. The van der Waals surface area contributed by atoms with Crippen LogP contribution in [-0.4, -0.2) is 30.4 Å². The third kappa shape index (κ3) is 2.34. The van der Waals surface area contributed by atoms with Gasteiger partial charge in [-0.25, -0.2) is 4.98 Å². The van der Waals surface area contributed by atoms with Crippen LogP contribution in [0.1, 0.15) is 6.42 Å². The van der Waals surface area contributed by atoms with E-state index in [9.17, 15) is 0 Å². The molecule has 20 heavy (non-hydrogen) atoms. The molecule has 1 aromatic heterocycles. The smallest absolute Gasteiger partial charge is 0.231 e. The van der Waals surface area contributed by atoms with E-state index in [2.05, 4.69) is 4.98 Å². The van der Waals surface area contributed by atoms with E-state index in [-0.39, 0.29) is 6.79 Å². The molecule has 0 saturated heterocycles. The molecule has 0 fully saturated rings. The first-order valence-corrected chi connectivity index (χ1v) is 6.74. The molecule has 3 rings (SSSR count). The van der Waals surface area contributed by atoms with Gasteiger partial charge in [0, 0.05) is 31.6 Å². The molecule has 0 bridgehead atoms. The molecule has 0 amide bonds. The first-order valence-electron chi connectivity index (χ1n) is 6.33. The number of nitrogens with two attached hydrogens (primary N) is 1. The highest BCUT2D eigenvalue weighted by Crippen LogP contribution is 2.38. The van der Waals surface area contributed by atoms with Crippen LogP contribution in [0.5, 0.6) is 11.5 Å². The lowest BCUT2D eigenvalue weighted by Gasteiger charge is -2.19. The Kier molecular flexibility index (Phi) is 3.31. The standard InChI is InChI=1S/C14H15N3O2S/c1-17(5-3-13(15)20)14-10-7-12-11(18-8-19-12)6-9(10)2-4-16-14/h2,4,6-7H,3,5,8H2,1H3,(H2,15,20). The van der Waals surface area contributed by atoms with Crippen molar-refractivity contribution in [2.24, 2.45) is 5.73 Å². The molecule has 0 saturated carbocycles. The van der Waals surface area contributed by atoms with Crippen molar-refractivity contribution >= 4 is 33.8 Å². The lowest BCUT2D eigenvalue weighted by Crippen LogP contribution is -2.24. The highest BCUT2D eigenvalue weighted by molar-refractivity contribution is 7.80. The molecule has 1 aromatic carbocycles. The first-order chi connectivity index (χ1) is 9.65. The zero-order valence-corrected chi connectivity index (χ0v) is 11.9. The van der Waals surface area contributed by atoms with Crippen molar-refractivity contribution in [1.82, 2.24) is 4.98 Å². The molecule has 0 radical (unpaired) electrons. The minimum Gasteiger partial charge on any atom is -0.454 e. The van der Waals surface area contributed by atoms with Gasteiger partial charge in [0.15, 0.2) is 11.5 Å². The Labute approximate surface area is 122 Å². The number of hydrogen-bond donors (Lipinski definition) is 1. The van der Waals surface area contributed by atoms with Crippen molar-refractivity contribution < 1.29 is 9.47 Å². The molecule has 1 aliphatic rings. The topological polar surface area (TPSA) is 60.6 Å². The number of ether oxygens (including phenoxy) is 2. The second kappa shape index (κ2) is 5.13. The molecular formula is C14H15N3O2S. The Bertz CT molecular complexity index is 675. The van der Waals surface area contributed by atoms with Gasteiger partial charge in [-0.05, 0) is 23.6 Å². The van der Waals surface area contributed by atoms with Crippen molar-refractivity contribution in [2.75, 3.05) is 25.3 Å². The summed E-state index contributed by atoms with van der Waals surface area (Å²) >= 11 is 4.92. The second-order valence-electron chi connectivity index (χ2n) is 4.70. The summed E-state index contributed by atoms with van der Waals surface area (Å²) in [5, 5.41) is 2.10. The predicted molar refractivity (Wildman–Crippen MR) is 82.5 cm³/mol. The maximum absolute atomic E-state index is 5.55. The van der Waals surface area contributed by atoms with E-state index < -0.39 is 0 Å². The van der Waals surface area contributed by atoms with Crippen molar-refractivity contribution in [3.63, 3.8) is 0 Å². The number of aromatic nitrogens is 1. The summed E-state index contributed by atoms with van der Waals surface area (Å²) in [5.41, 5.74) is 5.55. The molecule has 6 heteroatoms. The number of hydrogen-bond acceptors (Lipinski definition) is 5. The summed E-state index contributed by atoms with van der Waals surface area (Å²) in [5.74, 6) is 2.42. The van der Waals surface area contributed by atoms with Crippen LogP contribution < -0.4 is 20.1 Å². The molecule has 0 aliphatic carbocycles. The first kappa shape index (κ1) is 12.9. The quantitative estimate of drug-likeness (QED) is 0.870. The second-order valence-corrected chi connectivity index (χ2v) is 5.22. The fourth-order valence-corrected chi connectivity index (χ4v) is 2.33. The SMILES string of the molecule is CN(CCC(N)=S)c1nccc2cc3c(cc12)OCO3. The number of fused-ring (bicyclic) bond motifs is 2. The van der Waals surface area contributed by atoms with Crippen LogP contribution in [0.3, 0.4) is 0 Å². The number of thiocarbonyl (C=S) groups is 1. The Morgan fingerprint density at radius 2 is 2.15 bits per heavy atom. The zero-order valence-electron chi connectivity index (χ0n) is 11.1. The fraction of sp³-hybridized carbons (Fsp3) is 0.286. The maximum atomic E-state index is 5.55. The van der Waals surface area contributed by atoms with E-state index in [4.69, 9.17) is 27.4 Å². The van der Waals surface area contributed by atoms with Gasteiger partial charge in [0.05, 0.1) is 4.99 Å². The van der Waals surface area contributed by atoms with Crippen LogP contribution >= 0.6 is 12.2 Å². The summed E-state index contributed by atoms with van der Waals surface area (Å²) in [6.07, 6.45) is 2.45. The molecule has 0 atom stereocenters.